The quantitative estimate of drug-likeness (QED) is 0.204. The minimum Gasteiger partial charge on any atom is -0.611 e. The van der Waals surface area contributed by atoms with Gasteiger partial charge in [-0.1, -0.05) is 42.5 Å². The predicted molar refractivity (Wildman–Crippen MR) is 117 cm³/mol. The van der Waals surface area contributed by atoms with Gasteiger partial charge in [-0.3, -0.25) is 4.72 Å². The molecule has 160 valence electrons. The van der Waals surface area contributed by atoms with E-state index in [9.17, 15) is 13.0 Å². The predicted octanol–water partition coefficient (Wildman–Crippen LogP) is 4.36. The molecular formula is C21H18N2O6S2. The number of nitrogens with one attached hydrogen (secondary N) is 2. The third-order valence-corrected chi connectivity index (χ3v) is 7.09. The first-order valence-electron chi connectivity index (χ1n) is 9.10. The Morgan fingerprint density at radius 3 is 2.58 bits per heavy atom. The van der Waals surface area contributed by atoms with E-state index in [4.69, 9.17) is 9.67 Å². The third-order valence-electron chi connectivity index (χ3n) is 4.43. The van der Waals surface area contributed by atoms with Crippen molar-refractivity contribution < 1.29 is 27.6 Å². The van der Waals surface area contributed by atoms with E-state index in [0.29, 0.717) is 27.1 Å². The Labute approximate surface area is 181 Å². The Balaban J connectivity index is 1.58. The van der Waals surface area contributed by atoms with Crippen molar-refractivity contribution in [1.82, 2.24) is 0 Å². The molecule has 4 rings (SSSR count). The molecule has 31 heavy (non-hydrogen) atoms. The molecule has 0 saturated heterocycles. The molecule has 0 aliphatic rings. The number of furan rings is 1. The smallest absolute Gasteiger partial charge is 0.295 e. The number of rotatable bonds is 8. The summed E-state index contributed by atoms with van der Waals surface area (Å²) in [5.41, 5.74) is 4.13. The maximum absolute atomic E-state index is 13.0. The van der Waals surface area contributed by atoms with Crippen molar-refractivity contribution in [1.29, 1.82) is 0 Å². The van der Waals surface area contributed by atoms with Gasteiger partial charge in [0.15, 0.2) is 4.90 Å². The zero-order valence-electron chi connectivity index (χ0n) is 16.0. The maximum atomic E-state index is 13.0. The first kappa shape index (κ1) is 21.2. The largest absolute Gasteiger partial charge is 0.611 e. The van der Waals surface area contributed by atoms with Crippen LogP contribution in [0.3, 0.4) is 0 Å². The molecule has 0 aliphatic carbocycles. The second-order valence-electron chi connectivity index (χ2n) is 6.59. The summed E-state index contributed by atoms with van der Waals surface area (Å²) in [7, 11) is -4.02. The van der Waals surface area contributed by atoms with Crippen molar-refractivity contribution in [2.75, 3.05) is 10.2 Å². The van der Waals surface area contributed by atoms with Gasteiger partial charge in [0.1, 0.15) is 17.0 Å². The Hall–Kier alpha value is -3.02. The van der Waals surface area contributed by atoms with Gasteiger partial charge in [0, 0.05) is 17.0 Å². The summed E-state index contributed by atoms with van der Waals surface area (Å²) >= 11 is -1.55. The number of hydrogen-bond donors (Lipinski definition) is 3. The number of hydrogen-bond acceptors (Lipinski definition) is 7. The van der Waals surface area contributed by atoms with Crippen LogP contribution < -0.4 is 10.2 Å². The van der Waals surface area contributed by atoms with Gasteiger partial charge in [0.05, 0.1) is 5.69 Å². The number of sulfonamides is 1. The molecule has 1 atom stereocenters. The normalized spacial score (nSPS) is 12.6. The SMILES string of the molecule is O=S(=O)(Nc1ccccc1[S+]([O-])Cc1cccc(NOO)c1)c1cc2ccccc2o1. The number of para-hydroxylation sites is 2. The van der Waals surface area contributed by atoms with Gasteiger partial charge in [0.25, 0.3) is 10.0 Å². The Bertz CT molecular complexity index is 1270. The van der Waals surface area contributed by atoms with E-state index in [1.54, 1.807) is 72.8 Å². The van der Waals surface area contributed by atoms with Gasteiger partial charge in [-0.25, -0.2) is 10.7 Å². The van der Waals surface area contributed by atoms with E-state index >= 15 is 0 Å². The van der Waals surface area contributed by atoms with Crippen LogP contribution in [0.5, 0.6) is 0 Å². The van der Waals surface area contributed by atoms with E-state index in [2.05, 4.69) is 15.2 Å². The minimum atomic E-state index is -4.02. The summed E-state index contributed by atoms with van der Waals surface area (Å²) in [5, 5.41) is 8.95. The molecule has 1 heterocycles. The Morgan fingerprint density at radius 1 is 1.00 bits per heavy atom. The topological polar surface area (TPSA) is 124 Å². The molecule has 0 amide bonds. The highest BCUT2D eigenvalue weighted by Gasteiger charge is 2.24. The van der Waals surface area contributed by atoms with Crippen molar-refractivity contribution in [3.8, 4) is 0 Å². The van der Waals surface area contributed by atoms with E-state index < -0.39 is 21.2 Å². The van der Waals surface area contributed by atoms with Crippen LogP contribution in [0.4, 0.5) is 11.4 Å². The van der Waals surface area contributed by atoms with Crippen molar-refractivity contribution in [2.24, 2.45) is 0 Å². The van der Waals surface area contributed by atoms with Crippen LogP contribution in [0.1, 0.15) is 5.56 Å². The summed E-state index contributed by atoms with van der Waals surface area (Å²) in [4.78, 5) is 4.23. The molecule has 0 spiro atoms. The summed E-state index contributed by atoms with van der Waals surface area (Å²) in [5.74, 6) is 0.129. The van der Waals surface area contributed by atoms with Crippen molar-refractivity contribution in [3.05, 3.63) is 84.4 Å². The molecule has 3 aromatic carbocycles. The van der Waals surface area contributed by atoms with E-state index in [0.717, 1.165) is 0 Å². The monoisotopic (exact) mass is 458 g/mol. The summed E-state index contributed by atoms with van der Waals surface area (Å²) < 4.78 is 46.7. The lowest BCUT2D eigenvalue weighted by molar-refractivity contribution is -0.215. The van der Waals surface area contributed by atoms with Crippen LogP contribution in [0.25, 0.3) is 11.0 Å². The number of fused-ring (bicyclic) bond motifs is 1. The van der Waals surface area contributed by atoms with Crippen LogP contribution in [0.2, 0.25) is 0 Å². The molecule has 3 N–H and O–H groups in total. The highest BCUT2D eigenvalue weighted by atomic mass is 32.2. The van der Waals surface area contributed by atoms with Crippen molar-refractivity contribution >= 4 is 43.5 Å². The van der Waals surface area contributed by atoms with Gasteiger partial charge < -0.3 is 8.97 Å². The van der Waals surface area contributed by atoms with Crippen molar-refractivity contribution in [2.45, 2.75) is 15.7 Å². The van der Waals surface area contributed by atoms with Gasteiger partial charge in [-0.2, -0.15) is 8.42 Å². The molecule has 0 saturated carbocycles. The van der Waals surface area contributed by atoms with Crippen LogP contribution in [-0.4, -0.2) is 18.2 Å². The summed E-state index contributed by atoms with van der Waals surface area (Å²) in [6, 6.07) is 21.7. The molecule has 1 unspecified atom stereocenters. The van der Waals surface area contributed by atoms with Crippen LogP contribution >= 0.6 is 0 Å². The molecule has 0 fully saturated rings. The molecule has 4 aromatic rings. The van der Waals surface area contributed by atoms with Crippen LogP contribution in [0, 0.1) is 0 Å². The van der Waals surface area contributed by atoms with Gasteiger partial charge in [-0.15, -0.1) is 4.99 Å². The highest BCUT2D eigenvalue weighted by molar-refractivity contribution is 7.93. The number of anilines is 2. The second-order valence-corrected chi connectivity index (χ2v) is 9.62. The van der Waals surface area contributed by atoms with Crippen LogP contribution in [0.15, 0.2) is 93.3 Å². The van der Waals surface area contributed by atoms with E-state index in [-0.39, 0.29) is 16.5 Å². The maximum Gasteiger partial charge on any atom is 0.295 e. The molecule has 0 aliphatic heterocycles. The lowest BCUT2D eigenvalue weighted by Gasteiger charge is -2.15. The fourth-order valence-electron chi connectivity index (χ4n) is 3.04. The fourth-order valence-corrected chi connectivity index (χ4v) is 5.39. The lowest BCUT2D eigenvalue weighted by Crippen LogP contribution is -2.15. The Kier molecular flexibility index (Phi) is 6.16. The molecule has 1 aromatic heterocycles. The average Bonchev–Trinajstić information content (AvgIpc) is 3.20. The van der Waals surface area contributed by atoms with Gasteiger partial charge in [-0.05, 0) is 41.5 Å². The van der Waals surface area contributed by atoms with E-state index in [1.165, 1.54) is 6.07 Å². The Morgan fingerprint density at radius 2 is 1.77 bits per heavy atom. The highest BCUT2D eigenvalue weighted by Crippen LogP contribution is 2.29. The first-order chi connectivity index (χ1) is 15.0. The van der Waals surface area contributed by atoms with Crippen LogP contribution in [-0.2, 0) is 31.9 Å². The molecular weight excluding hydrogens is 440 g/mol. The average molecular weight is 459 g/mol. The van der Waals surface area contributed by atoms with Crippen molar-refractivity contribution in [3.63, 3.8) is 0 Å². The fraction of sp³-hybridized carbons (Fsp3) is 0.0476. The molecule has 8 nitrogen and oxygen atoms in total. The molecule has 0 bridgehead atoms. The van der Waals surface area contributed by atoms with E-state index in [1.807, 2.05) is 0 Å². The third kappa shape index (κ3) is 4.84. The zero-order valence-corrected chi connectivity index (χ0v) is 17.7. The van der Waals surface area contributed by atoms with Gasteiger partial charge in [0.2, 0.25) is 5.09 Å². The number of benzene rings is 3. The zero-order chi connectivity index (χ0) is 21.8. The minimum absolute atomic E-state index is 0.129. The lowest BCUT2D eigenvalue weighted by atomic mass is 10.2. The molecule has 10 heteroatoms. The summed E-state index contributed by atoms with van der Waals surface area (Å²) in [6.07, 6.45) is 0. The standard InChI is InChI=1S/C21H18N2O6S2/c24-29-22-17-8-5-6-15(12-17)14-30(25)20-11-4-2-9-18(20)23-31(26,27)21-13-16-7-1-3-10-19(16)28-21/h1-13,22-24H,14H2. The van der Waals surface area contributed by atoms with Gasteiger partial charge >= 0.3 is 0 Å². The summed E-state index contributed by atoms with van der Waals surface area (Å²) in [6.45, 7) is 0. The molecule has 0 radical (unpaired) electrons. The second kappa shape index (κ2) is 9.00. The first-order valence-corrected chi connectivity index (χ1v) is 11.9.